The molecular weight excluding hydrogens is 215 g/mol. The van der Waals surface area contributed by atoms with Gasteiger partial charge in [0, 0.05) is 12.2 Å². The normalized spacial score (nSPS) is 13.0. The summed E-state index contributed by atoms with van der Waals surface area (Å²) in [7, 11) is 0. The highest BCUT2D eigenvalue weighted by atomic mass is 19.1. The molecule has 1 aromatic rings. The Kier molecular flexibility index (Phi) is 6.12. The maximum atomic E-state index is 13.2. The molecule has 1 heterocycles. The molecule has 1 N–H and O–H groups in total. The van der Waals surface area contributed by atoms with E-state index < -0.39 is 0 Å². The zero-order chi connectivity index (χ0) is 12.7. The highest BCUT2D eigenvalue weighted by Crippen LogP contribution is 2.25. The van der Waals surface area contributed by atoms with Crippen LogP contribution in [0, 0.1) is 11.7 Å². The molecule has 1 rings (SSSR count). The molecule has 0 spiro atoms. The van der Waals surface area contributed by atoms with Crippen molar-refractivity contribution in [3.8, 4) is 0 Å². The van der Waals surface area contributed by atoms with Crippen LogP contribution >= 0.6 is 0 Å². The maximum absolute atomic E-state index is 13.2. The predicted octanol–water partition coefficient (Wildman–Crippen LogP) is 3.70. The number of aromatic nitrogens is 1. The molecule has 1 atom stereocenters. The van der Waals surface area contributed by atoms with Gasteiger partial charge in [-0.05, 0) is 30.5 Å². The fourth-order valence-corrected chi connectivity index (χ4v) is 2.16. The first-order valence-corrected chi connectivity index (χ1v) is 6.55. The number of halogens is 1. The van der Waals surface area contributed by atoms with Crippen LogP contribution < -0.4 is 5.32 Å². The van der Waals surface area contributed by atoms with E-state index in [1.807, 2.05) is 0 Å². The van der Waals surface area contributed by atoms with Crippen molar-refractivity contribution in [3.63, 3.8) is 0 Å². The Balaban J connectivity index is 2.77. The third-order valence-electron chi connectivity index (χ3n) is 3.30. The summed E-state index contributed by atoms with van der Waals surface area (Å²) in [5, 5.41) is 3.42. The van der Waals surface area contributed by atoms with Crippen LogP contribution in [-0.2, 0) is 0 Å². The van der Waals surface area contributed by atoms with E-state index in [4.69, 9.17) is 0 Å². The van der Waals surface area contributed by atoms with Gasteiger partial charge in [-0.1, -0.05) is 33.6 Å². The second-order valence-electron chi connectivity index (χ2n) is 4.46. The molecule has 0 aliphatic carbocycles. The Hall–Kier alpha value is -0.960. The van der Waals surface area contributed by atoms with Gasteiger partial charge in [0.05, 0.1) is 6.20 Å². The van der Waals surface area contributed by atoms with Gasteiger partial charge in [-0.25, -0.2) is 4.39 Å². The van der Waals surface area contributed by atoms with Crippen LogP contribution in [0.15, 0.2) is 18.5 Å². The van der Waals surface area contributed by atoms with Crippen LogP contribution in [-0.4, -0.2) is 11.5 Å². The van der Waals surface area contributed by atoms with Gasteiger partial charge in [0.1, 0.15) is 5.82 Å². The van der Waals surface area contributed by atoms with Crippen LogP contribution in [0.3, 0.4) is 0 Å². The van der Waals surface area contributed by atoms with Crippen LogP contribution in [0.2, 0.25) is 0 Å². The Bertz CT molecular complexity index is 324. The van der Waals surface area contributed by atoms with E-state index in [0.29, 0.717) is 5.92 Å². The zero-order valence-corrected chi connectivity index (χ0v) is 11.0. The maximum Gasteiger partial charge on any atom is 0.141 e. The molecule has 0 amide bonds. The minimum absolute atomic E-state index is 0.216. The van der Waals surface area contributed by atoms with E-state index in [1.165, 1.54) is 19.0 Å². The van der Waals surface area contributed by atoms with E-state index in [2.05, 4.69) is 31.1 Å². The fourth-order valence-electron chi connectivity index (χ4n) is 2.16. The first kappa shape index (κ1) is 14.1. The van der Waals surface area contributed by atoms with Crippen molar-refractivity contribution in [3.05, 3.63) is 29.8 Å². The molecule has 0 saturated carbocycles. The van der Waals surface area contributed by atoms with Gasteiger partial charge in [-0.15, -0.1) is 0 Å². The SMILES string of the molecule is CCNC(CC(CC)CC)c1cncc(F)c1. The van der Waals surface area contributed by atoms with Crippen LogP contribution in [0.4, 0.5) is 4.39 Å². The van der Waals surface area contributed by atoms with Gasteiger partial charge >= 0.3 is 0 Å². The van der Waals surface area contributed by atoms with Crippen LogP contribution in [0.5, 0.6) is 0 Å². The van der Waals surface area contributed by atoms with Gasteiger partial charge in [0.15, 0.2) is 0 Å². The average Bonchev–Trinajstić information content (AvgIpc) is 2.34. The van der Waals surface area contributed by atoms with Gasteiger partial charge in [0.2, 0.25) is 0 Å². The lowest BCUT2D eigenvalue weighted by molar-refractivity contribution is 0.374. The topological polar surface area (TPSA) is 24.9 Å². The highest BCUT2D eigenvalue weighted by Gasteiger charge is 2.15. The summed E-state index contributed by atoms with van der Waals surface area (Å²) < 4.78 is 13.2. The van der Waals surface area contributed by atoms with Crippen molar-refractivity contribution in [1.82, 2.24) is 10.3 Å². The van der Waals surface area contributed by atoms with Gasteiger partial charge in [-0.3, -0.25) is 4.98 Å². The minimum Gasteiger partial charge on any atom is -0.310 e. The summed E-state index contributed by atoms with van der Waals surface area (Å²) in [5.41, 5.74) is 0.957. The molecule has 17 heavy (non-hydrogen) atoms. The molecule has 2 nitrogen and oxygen atoms in total. The third kappa shape index (κ3) is 4.43. The lowest BCUT2D eigenvalue weighted by atomic mass is 9.91. The van der Waals surface area contributed by atoms with Crippen molar-refractivity contribution in [2.45, 2.75) is 46.1 Å². The average molecular weight is 238 g/mol. The molecule has 1 aromatic heterocycles. The number of hydrogen-bond acceptors (Lipinski definition) is 2. The first-order valence-electron chi connectivity index (χ1n) is 6.55. The molecule has 0 saturated heterocycles. The van der Waals surface area contributed by atoms with Crippen molar-refractivity contribution >= 4 is 0 Å². The van der Waals surface area contributed by atoms with Crippen molar-refractivity contribution in [2.24, 2.45) is 5.92 Å². The van der Waals surface area contributed by atoms with E-state index in [0.717, 1.165) is 18.5 Å². The second-order valence-corrected chi connectivity index (χ2v) is 4.46. The Morgan fingerprint density at radius 2 is 1.94 bits per heavy atom. The fraction of sp³-hybridized carbons (Fsp3) is 0.643. The molecule has 1 unspecified atom stereocenters. The number of hydrogen-bond donors (Lipinski definition) is 1. The largest absolute Gasteiger partial charge is 0.310 e. The summed E-state index contributed by atoms with van der Waals surface area (Å²) in [6.45, 7) is 7.38. The summed E-state index contributed by atoms with van der Waals surface area (Å²) in [4.78, 5) is 3.93. The summed E-state index contributed by atoms with van der Waals surface area (Å²) in [5.74, 6) is 0.428. The Morgan fingerprint density at radius 1 is 1.24 bits per heavy atom. The summed E-state index contributed by atoms with van der Waals surface area (Å²) in [6.07, 6.45) is 6.40. The molecular formula is C14H23FN2. The lowest BCUT2D eigenvalue weighted by Crippen LogP contribution is -2.23. The molecule has 0 radical (unpaired) electrons. The van der Waals surface area contributed by atoms with Crippen LogP contribution in [0.25, 0.3) is 0 Å². The lowest BCUT2D eigenvalue weighted by Gasteiger charge is -2.22. The van der Waals surface area contributed by atoms with Gasteiger partial charge in [0.25, 0.3) is 0 Å². The number of pyridine rings is 1. The molecule has 3 heteroatoms. The van der Waals surface area contributed by atoms with Crippen LogP contribution in [0.1, 0.15) is 51.6 Å². The smallest absolute Gasteiger partial charge is 0.141 e. The van der Waals surface area contributed by atoms with Crippen molar-refractivity contribution in [1.29, 1.82) is 0 Å². The molecule has 0 aliphatic rings. The molecule has 0 bridgehead atoms. The van der Waals surface area contributed by atoms with E-state index in [-0.39, 0.29) is 11.9 Å². The van der Waals surface area contributed by atoms with Crippen molar-refractivity contribution < 1.29 is 4.39 Å². The molecule has 0 aliphatic heterocycles. The van der Waals surface area contributed by atoms with E-state index in [1.54, 1.807) is 12.3 Å². The number of nitrogens with one attached hydrogen (secondary N) is 1. The zero-order valence-electron chi connectivity index (χ0n) is 11.0. The quantitative estimate of drug-likeness (QED) is 0.783. The summed E-state index contributed by atoms with van der Waals surface area (Å²) in [6, 6.07) is 1.80. The highest BCUT2D eigenvalue weighted by molar-refractivity contribution is 5.15. The third-order valence-corrected chi connectivity index (χ3v) is 3.30. The summed E-state index contributed by atoms with van der Waals surface area (Å²) >= 11 is 0. The van der Waals surface area contributed by atoms with Gasteiger partial charge < -0.3 is 5.32 Å². The van der Waals surface area contributed by atoms with Crippen molar-refractivity contribution in [2.75, 3.05) is 6.54 Å². The number of nitrogens with zero attached hydrogens (tertiary/aromatic N) is 1. The molecule has 0 fully saturated rings. The molecule has 0 aromatic carbocycles. The monoisotopic (exact) mass is 238 g/mol. The Morgan fingerprint density at radius 3 is 2.47 bits per heavy atom. The predicted molar refractivity (Wildman–Crippen MR) is 69.3 cm³/mol. The first-order chi connectivity index (χ1) is 8.21. The standard InChI is InChI=1S/C14H23FN2/c1-4-11(5-2)7-14(17-6-3)12-8-13(15)10-16-9-12/h8-11,14,17H,4-7H2,1-3H3. The van der Waals surface area contributed by atoms with E-state index in [9.17, 15) is 4.39 Å². The number of rotatable bonds is 7. The minimum atomic E-state index is -0.255. The molecule has 96 valence electrons. The van der Waals surface area contributed by atoms with Gasteiger partial charge in [-0.2, -0.15) is 0 Å². The Labute approximate surface area is 104 Å². The second kappa shape index (κ2) is 7.38. The van der Waals surface area contributed by atoms with E-state index >= 15 is 0 Å².